The summed E-state index contributed by atoms with van der Waals surface area (Å²) in [5.41, 5.74) is 12.6. The number of carbonyl (C=O) groups excluding carboxylic acids is 1. The molecule has 0 radical (unpaired) electrons. The first-order valence-corrected chi connectivity index (χ1v) is 6.84. The van der Waals surface area contributed by atoms with Gasteiger partial charge in [-0.05, 0) is 37.6 Å². The van der Waals surface area contributed by atoms with E-state index in [2.05, 4.69) is 28.9 Å². The molecule has 0 spiro atoms. The van der Waals surface area contributed by atoms with Crippen molar-refractivity contribution in [2.75, 3.05) is 19.6 Å². The predicted octanol–water partition coefficient (Wildman–Crippen LogP) is 0.694. The normalized spacial score (nSPS) is 22.3. The van der Waals surface area contributed by atoms with Gasteiger partial charge in [0.05, 0.1) is 12.0 Å². The molecular formula is C16H21N3O. The lowest BCUT2D eigenvalue weighted by atomic mass is 9.89. The minimum atomic E-state index is -0.392. The van der Waals surface area contributed by atoms with Crippen LogP contribution in [0.1, 0.15) is 24.5 Å². The van der Waals surface area contributed by atoms with Crippen LogP contribution in [0.25, 0.3) is 0 Å². The summed E-state index contributed by atoms with van der Waals surface area (Å²) in [6.07, 6.45) is 0.828. The Morgan fingerprint density at radius 1 is 1.50 bits per heavy atom. The topological polar surface area (TPSA) is 72.4 Å². The third-order valence-corrected chi connectivity index (χ3v) is 3.82. The highest BCUT2D eigenvalue weighted by Crippen LogP contribution is 2.30. The van der Waals surface area contributed by atoms with Crippen LogP contribution in [0.3, 0.4) is 0 Å². The van der Waals surface area contributed by atoms with Gasteiger partial charge in [0.1, 0.15) is 0 Å². The van der Waals surface area contributed by atoms with Gasteiger partial charge in [0.25, 0.3) is 0 Å². The molecule has 4 nitrogen and oxygen atoms in total. The molecule has 1 aromatic rings. The number of benzene rings is 1. The molecule has 4 N–H and O–H groups in total. The van der Waals surface area contributed by atoms with Crippen molar-refractivity contribution in [3.63, 3.8) is 0 Å². The molecule has 0 saturated carbocycles. The van der Waals surface area contributed by atoms with E-state index in [9.17, 15) is 4.79 Å². The van der Waals surface area contributed by atoms with Crippen LogP contribution in [0.4, 0.5) is 0 Å². The van der Waals surface area contributed by atoms with E-state index in [0.717, 1.165) is 31.6 Å². The van der Waals surface area contributed by atoms with Gasteiger partial charge in [-0.1, -0.05) is 24.0 Å². The number of hydrogen-bond acceptors (Lipinski definition) is 3. The van der Waals surface area contributed by atoms with Crippen LogP contribution in [0.15, 0.2) is 24.3 Å². The van der Waals surface area contributed by atoms with Crippen molar-refractivity contribution in [3.8, 4) is 11.8 Å². The van der Waals surface area contributed by atoms with Crippen molar-refractivity contribution in [2.45, 2.75) is 19.9 Å². The van der Waals surface area contributed by atoms with Crippen LogP contribution >= 0.6 is 0 Å². The molecule has 1 aliphatic rings. The maximum absolute atomic E-state index is 11.5. The average Bonchev–Trinajstić information content (AvgIpc) is 2.80. The van der Waals surface area contributed by atoms with Crippen LogP contribution in [0.5, 0.6) is 0 Å². The highest BCUT2D eigenvalue weighted by molar-refractivity contribution is 5.81. The fraction of sp³-hybridized carbons (Fsp3) is 0.438. The van der Waals surface area contributed by atoms with E-state index in [0.29, 0.717) is 6.54 Å². The van der Waals surface area contributed by atoms with Crippen LogP contribution < -0.4 is 11.5 Å². The van der Waals surface area contributed by atoms with E-state index < -0.39 is 5.41 Å². The summed E-state index contributed by atoms with van der Waals surface area (Å²) in [4.78, 5) is 13.7. The molecule has 2 rings (SSSR count). The van der Waals surface area contributed by atoms with Crippen molar-refractivity contribution in [2.24, 2.45) is 16.9 Å². The number of carbonyl (C=O) groups is 1. The molecule has 4 heteroatoms. The van der Waals surface area contributed by atoms with Crippen molar-refractivity contribution in [1.82, 2.24) is 4.90 Å². The molecule has 1 fully saturated rings. The van der Waals surface area contributed by atoms with E-state index >= 15 is 0 Å². The smallest absolute Gasteiger partial charge is 0.224 e. The molecule has 0 aliphatic carbocycles. The lowest BCUT2D eigenvalue weighted by Gasteiger charge is -2.21. The first-order valence-electron chi connectivity index (χ1n) is 6.84. The van der Waals surface area contributed by atoms with Gasteiger partial charge in [0.2, 0.25) is 5.91 Å². The zero-order valence-electron chi connectivity index (χ0n) is 11.9. The average molecular weight is 271 g/mol. The van der Waals surface area contributed by atoms with E-state index in [1.807, 2.05) is 19.1 Å². The highest BCUT2D eigenvalue weighted by atomic mass is 16.1. The third-order valence-electron chi connectivity index (χ3n) is 3.82. The zero-order valence-corrected chi connectivity index (χ0v) is 11.9. The Morgan fingerprint density at radius 2 is 2.30 bits per heavy atom. The molecule has 1 aliphatic heterocycles. The first kappa shape index (κ1) is 14.6. The number of rotatable bonds is 3. The van der Waals surface area contributed by atoms with Gasteiger partial charge in [0, 0.05) is 18.7 Å². The molecule has 1 heterocycles. The van der Waals surface area contributed by atoms with Gasteiger partial charge in [-0.15, -0.1) is 0 Å². The third kappa shape index (κ3) is 3.38. The van der Waals surface area contributed by atoms with Crippen LogP contribution in [-0.4, -0.2) is 30.4 Å². The summed E-state index contributed by atoms with van der Waals surface area (Å²) >= 11 is 0. The molecule has 1 saturated heterocycles. The number of hydrogen-bond donors (Lipinski definition) is 2. The van der Waals surface area contributed by atoms with Crippen LogP contribution in [-0.2, 0) is 11.3 Å². The summed E-state index contributed by atoms with van der Waals surface area (Å²) in [6.45, 7) is 4.76. The second-order valence-corrected chi connectivity index (χ2v) is 5.59. The van der Waals surface area contributed by atoms with E-state index in [-0.39, 0.29) is 5.91 Å². The summed E-state index contributed by atoms with van der Waals surface area (Å²) in [5.74, 6) is 5.69. The van der Waals surface area contributed by atoms with Gasteiger partial charge in [-0.25, -0.2) is 0 Å². The first-order chi connectivity index (χ1) is 9.53. The van der Waals surface area contributed by atoms with Crippen LogP contribution in [0, 0.1) is 17.3 Å². The predicted molar refractivity (Wildman–Crippen MR) is 79.6 cm³/mol. The van der Waals surface area contributed by atoms with Crippen molar-refractivity contribution in [1.29, 1.82) is 0 Å². The summed E-state index contributed by atoms with van der Waals surface area (Å²) < 4.78 is 0. The Bertz CT molecular complexity index is 558. The van der Waals surface area contributed by atoms with Gasteiger partial charge < -0.3 is 11.5 Å². The maximum atomic E-state index is 11.5. The lowest BCUT2D eigenvalue weighted by Crippen LogP contribution is -2.36. The highest BCUT2D eigenvalue weighted by Gasteiger charge is 2.38. The van der Waals surface area contributed by atoms with Crippen LogP contribution in [0.2, 0.25) is 0 Å². The van der Waals surface area contributed by atoms with Gasteiger partial charge in [-0.2, -0.15) is 0 Å². The molecular weight excluding hydrogens is 250 g/mol. The van der Waals surface area contributed by atoms with Crippen molar-refractivity contribution in [3.05, 3.63) is 35.4 Å². The van der Waals surface area contributed by atoms with E-state index in [1.165, 1.54) is 5.56 Å². The molecule has 0 aromatic heterocycles. The molecule has 1 aromatic carbocycles. The van der Waals surface area contributed by atoms with E-state index in [4.69, 9.17) is 11.5 Å². The molecule has 1 amide bonds. The second-order valence-electron chi connectivity index (χ2n) is 5.59. The minimum absolute atomic E-state index is 0.206. The van der Waals surface area contributed by atoms with Gasteiger partial charge in [0.15, 0.2) is 0 Å². The summed E-state index contributed by atoms with van der Waals surface area (Å²) in [5, 5.41) is 0. The maximum Gasteiger partial charge on any atom is 0.224 e. The molecule has 20 heavy (non-hydrogen) atoms. The monoisotopic (exact) mass is 271 g/mol. The Hall–Kier alpha value is -1.83. The molecule has 1 atom stereocenters. The Balaban J connectivity index is 2.03. The second kappa shape index (κ2) is 6.08. The molecule has 106 valence electrons. The standard InChI is InChI=1S/C16H21N3O/c1-16(15(18)20)7-9-19(12-16)11-14-5-2-4-13(10-14)6-3-8-17/h2,4-5,10H,7-9,11-12,17H2,1H3,(H2,18,20). The molecule has 1 unspecified atom stereocenters. The number of nitrogens with two attached hydrogens (primary N) is 2. The zero-order chi connectivity index (χ0) is 14.6. The van der Waals surface area contributed by atoms with Crippen molar-refractivity contribution >= 4 is 5.91 Å². The fourth-order valence-corrected chi connectivity index (χ4v) is 2.55. The number of primary amides is 1. The number of likely N-dealkylation sites (tertiary alicyclic amines) is 1. The van der Waals surface area contributed by atoms with Gasteiger partial charge in [-0.3, -0.25) is 9.69 Å². The van der Waals surface area contributed by atoms with Crippen molar-refractivity contribution < 1.29 is 4.79 Å². The SMILES string of the molecule is CC1(C(N)=O)CCN(Cc2cccc(C#CCN)c2)C1. The Kier molecular flexibility index (Phi) is 4.43. The quantitative estimate of drug-likeness (QED) is 0.795. The summed E-state index contributed by atoms with van der Waals surface area (Å²) in [7, 11) is 0. The lowest BCUT2D eigenvalue weighted by molar-refractivity contribution is -0.126. The Labute approximate surface area is 120 Å². The number of amides is 1. The molecule has 0 bridgehead atoms. The summed E-state index contributed by atoms with van der Waals surface area (Å²) in [6, 6.07) is 8.12. The Morgan fingerprint density at radius 3 is 2.95 bits per heavy atom. The van der Waals surface area contributed by atoms with Gasteiger partial charge >= 0.3 is 0 Å². The largest absolute Gasteiger partial charge is 0.369 e. The van der Waals surface area contributed by atoms with E-state index in [1.54, 1.807) is 0 Å². The number of nitrogens with zero attached hydrogens (tertiary/aromatic N) is 1. The minimum Gasteiger partial charge on any atom is -0.369 e. The fourth-order valence-electron chi connectivity index (χ4n) is 2.55.